The van der Waals surface area contributed by atoms with Crippen LogP contribution in [0.3, 0.4) is 0 Å². The first-order valence-electron chi connectivity index (χ1n) is 8.55. The van der Waals surface area contributed by atoms with Crippen molar-refractivity contribution in [2.45, 2.75) is 49.3 Å². The molecule has 0 bridgehead atoms. The zero-order chi connectivity index (χ0) is 17.8. The summed E-state index contributed by atoms with van der Waals surface area (Å²) in [5, 5.41) is 3.05. The predicted molar refractivity (Wildman–Crippen MR) is 102 cm³/mol. The summed E-state index contributed by atoms with van der Waals surface area (Å²) in [7, 11) is -1.20. The Kier molecular flexibility index (Phi) is 6.12. The van der Waals surface area contributed by atoms with Crippen LogP contribution in [0, 0.1) is 5.92 Å². The summed E-state index contributed by atoms with van der Waals surface area (Å²) in [5.74, 6) is 1.68. The summed E-state index contributed by atoms with van der Waals surface area (Å²) >= 11 is 3.36. The summed E-state index contributed by atoms with van der Waals surface area (Å²) in [6, 6.07) is 11.0. The molecule has 6 heteroatoms. The zero-order valence-corrected chi connectivity index (χ0v) is 16.6. The molecule has 3 rings (SSSR count). The maximum absolute atomic E-state index is 12.4. The number of amides is 1. The molecule has 1 saturated carbocycles. The van der Waals surface area contributed by atoms with Gasteiger partial charge in [-0.25, -0.2) is 0 Å². The molecular weight excluding hydrogens is 402 g/mol. The predicted octanol–water partition coefficient (Wildman–Crippen LogP) is 4.66. The molecule has 0 saturated heterocycles. The molecule has 2 aromatic rings. The second-order valence-corrected chi connectivity index (χ2v) is 9.01. The molecule has 1 fully saturated rings. The number of carbonyl (C=O) groups is 1. The molecule has 0 radical (unpaired) electrons. The van der Waals surface area contributed by atoms with Gasteiger partial charge >= 0.3 is 0 Å². The highest BCUT2D eigenvalue weighted by Crippen LogP contribution is 2.24. The van der Waals surface area contributed by atoms with Gasteiger partial charge in [0, 0.05) is 15.4 Å². The van der Waals surface area contributed by atoms with Crippen molar-refractivity contribution in [3.63, 3.8) is 0 Å². The van der Waals surface area contributed by atoms with Crippen molar-refractivity contribution in [3.8, 4) is 0 Å². The Hall–Kier alpha value is -1.40. The number of furan rings is 1. The SMILES string of the molecule is CC1CCC(NC(=O)c2ccc(C[S@](=O)c3ccc(Br)cc3)o2)CC1. The highest BCUT2D eigenvalue weighted by molar-refractivity contribution is 9.10. The molecule has 0 unspecified atom stereocenters. The fraction of sp³-hybridized carbons (Fsp3) is 0.421. The monoisotopic (exact) mass is 423 g/mol. The van der Waals surface area contributed by atoms with Crippen LogP contribution in [0.4, 0.5) is 0 Å². The summed E-state index contributed by atoms with van der Waals surface area (Å²) in [6.07, 6.45) is 4.35. The number of rotatable bonds is 5. The minimum Gasteiger partial charge on any atom is -0.455 e. The van der Waals surface area contributed by atoms with Gasteiger partial charge in [-0.1, -0.05) is 22.9 Å². The number of benzene rings is 1. The van der Waals surface area contributed by atoms with Gasteiger partial charge in [-0.15, -0.1) is 0 Å². The lowest BCUT2D eigenvalue weighted by Crippen LogP contribution is -2.37. The van der Waals surface area contributed by atoms with Crippen molar-refractivity contribution in [1.29, 1.82) is 0 Å². The van der Waals surface area contributed by atoms with Gasteiger partial charge in [0.1, 0.15) is 5.76 Å². The summed E-state index contributed by atoms with van der Waals surface area (Å²) in [4.78, 5) is 13.1. The molecule has 0 spiro atoms. The molecule has 1 heterocycles. The lowest BCUT2D eigenvalue weighted by Gasteiger charge is -2.26. The van der Waals surface area contributed by atoms with Gasteiger partial charge in [-0.05, 0) is 68.0 Å². The van der Waals surface area contributed by atoms with E-state index in [-0.39, 0.29) is 17.7 Å². The molecule has 1 aromatic carbocycles. The van der Waals surface area contributed by atoms with Crippen LogP contribution in [0.1, 0.15) is 48.9 Å². The summed E-state index contributed by atoms with van der Waals surface area (Å²) in [6.45, 7) is 2.25. The normalized spacial score (nSPS) is 21.7. The third kappa shape index (κ3) is 5.05. The summed E-state index contributed by atoms with van der Waals surface area (Å²) in [5.41, 5.74) is 0. The van der Waals surface area contributed by atoms with Crippen molar-refractivity contribution in [2.24, 2.45) is 5.92 Å². The lowest BCUT2D eigenvalue weighted by molar-refractivity contribution is 0.0893. The second kappa shape index (κ2) is 8.32. The van der Waals surface area contributed by atoms with Gasteiger partial charge < -0.3 is 9.73 Å². The third-order valence-electron chi connectivity index (χ3n) is 4.59. The van der Waals surface area contributed by atoms with E-state index in [0.29, 0.717) is 11.5 Å². The topological polar surface area (TPSA) is 59.3 Å². The number of hydrogen-bond donors (Lipinski definition) is 1. The Bertz CT molecular complexity index is 748. The Morgan fingerprint density at radius 2 is 1.84 bits per heavy atom. The first-order valence-corrected chi connectivity index (χ1v) is 10.7. The van der Waals surface area contributed by atoms with Crippen molar-refractivity contribution < 1.29 is 13.4 Å². The molecule has 4 nitrogen and oxygen atoms in total. The molecular formula is C19H22BrNO3S. The largest absolute Gasteiger partial charge is 0.455 e. The van der Waals surface area contributed by atoms with Crippen LogP contribution in [0.2, 0.25) is 0 Å². The Balaban J connectivity index is 1.57. The van der Waals surface area contributed by atoms with Gasteiger partial charge in [0.25, 0.3) is 5.91 Å². The number of carbonyl (C=O) groups excluding carboxylic acids is 1. The molecule has 1 N–H and O–H groups in total. The third-order valence-corrected chi connectivity index (χ3v) is 6.46. The van der Waals surface area contributed by atoms with Crippen LogP contribution in [0.25, 0.3) is 0 Å². The molecule has 1 aliphatic rings. The van der Waals surface area contributed by atoms with Crippen LogP contribution < -0.4 is 5.32 Å². The standard InChI is InChI=1S/C19H22BrNO3S/c1-13-2-6-15(7-3-13)21-19(22)18-11-8-16(24-18)12-25(23)17-9-4-14(20)5-10-17/h4-5,8-11,13,15H,2-3,6-7,12H2,1H3,(H,21,22)/t13?,15?,25-/m0/s1. The molecule has 25 heavy (non-hydrogen) atoms. The van der Waals surface area contributed by atoms with E-state index in [4.69, 9.17) is 4.42 Å². The van der Waals surface area contributed by atoms with E-state index >= 15 is 0 Å². The maximum Gasteiger partial charge on any atom is 0.287 e. The van der Waals surface area contributed by atoms with Gasteiger partial charge in [-0.3, -0.25) is 9.00 Å². The van der Waals surface area contributed by atoms with E-state index in [1.807, 2.05) is 24.3 Å². The molecule has 1 amide bonds. The smallest absolute Gasteiger partial charge is 0.287 e. The first kappa shape index (κ1) is 18.4. The highest BCUT2D eigenvalue weighted by Gasteiger charge is 2.22. The zero-order valence-electron chi connectivity index (χ0n) is 14.2. The number of halogens is 1. The van der Waals surface area contributed by atoms with Crippen LogP contribution >= 0.6 is 15.9 Å². The van der Waals surface area contributed by atoms with Crippen molar-refractivity contribution >= 4 is 32.6 Å². The van der Waals surface area contributed by atoms with Crippen molar-refractivity contribution in [2.75, 3.05) is 0 Å². The molecule has 1 aliphatic carbocycles. The van der Waals surface area contributed by atoms with E-state index in [0.717, 1.165) is 41.0 Å². The minimum absolute atomic E-state index is 0.180. The fourth-order valence-corrected chi connectivity index (χ4v) is 4.32. The highest BCUT2D eigenvalue weighted by atomic mass is 79.9. The molecule has 1 aromatic heterocycles. The van der Waals surface area contributed by atoms with Gasteiger partial charge in [0.2, 0.25) is 0 Å². The molecule has 134 valence electrons. The first-order chi connectivity index (χ1) is 12.0. The van der Waals surface area contributed by atoms with E-state index < -0.39 is 10.8 Å². The number of nitrogens with one attached hydrogen (secondary N) is 1. The fourth-order valence-electron chi connectivity index (χ4n) is 3.04. The lowest BCUT2D eigenvalue weighted by atomic mass is 9.87. The average Bonchev–Trinajstić information content (AvgIpc) is 3.06. The van der Waals surface area contributed by atoms with Crippen LogP contribution in [-0.2, 0) is 16.6 Å². The van der Waals surface area contributed by atoms with Gasteiger partial charge in [0.05, 0.1) is 16.6 Å². The maximum atomic E-state index is 12.4. The Morgan fingerprint density at radius 1 is 1.16 bits per heavy atom. The Morgan fingerprint density at radius 3 is 2.52 bits per heavy atom. The van der Waals surface area contributed by atoms with Crippen LogP contribution in [0.15, 0.2) is 50.2 Å². The van der Waals surface area contributed by atoms with E-state index in [1.54, 1.807) is 12.1 Å². The van der Waals surface area contributed by atoms with E-state index in [9.17, 15) is 9.00 Å². The average molecular weight is 424 g/mol. The van der Waals surface area contributed by atoms with Gasteiger partial charge in [0.15, 0.2) is 5.76 Å². The van der Waals surface area contributed by atoms with Crippen LogP contribution in [0.5, 0.6) is 0 Å². The molecule has 0 aliphatic heterocycles. The van der Waals surface area contributed by atoms with E-state index in [1.165, 1.54) is 0 Å². The minimum atomic E-state index is -1.20. The van der Waals surface area contributed by atoms with Crippen molar-refractivity contribution in [1.82, 2.24) is 5.32 Å². The van der Waals surface area contributed by atoms with Gasteiger partial charge in [-0.2, -0.15) is 0 Å². The van der Waals surface area contributed by atoms with E-state index in [2.05, 4.69) is 28.2 Å². The molecule has 1 atom stereocenters. The summed E-state index contributed by atoms with van der Waals surface area (Å²) < 4.78 is 18.9. The second-order valence-electron chi connectivity index (χ2n) is 6.64. The van der Waals surface area contributed by atoms with Crippen molar-refractivity contribution in [3.05, 3.63) is 52.4 Å². The number of hydrogen-bond acceptors (Lipinski definition) is 3. The quantitative estimate of drug-likeness (QED) is 0.760. The van der Waals surface area contributed by atoms with Crippen LogP contribution in [-0.4, -0.2) is 16.2 Å². The Labute approximate surface area is 159 Å².